The van der Waals surface area contributed by atoms with E-state index in [1.54, 1.807) is 19.1 Å². The Morgan fingerprint density at radius 3 is 1.36 bits per heavy atom. The van der Waals surface area contributed by atoms with E-state index in [4.69, 9.17) is 0 Å². The van der Waals surface area contributed by atoms with Gasteiger partial charge in [0.05, 0.1) is 0 Å². The van der Waals surface area contributed by atoms with Crippen LogP contribution in [0.2, 0.25) is 0 Å². The minimum atomic E-state index is -0.257. The fourth-order valence-corrected chi connectivity index (χ4v) is 1.52. The molecular weight excluding hydrogens is 272 g/mol. The summed E-state index contributed by atoms with van der Waals surface area (Å²) >= 11 is 0. The molecule has 0 fully saturated rings. The number of ketones is 2. The normalized spacial score (nSPS) is 14.6. The number of carbonyl (C=O) groups is 2. The summed E-state index contributed by atoms with van der Waals surface area (Å²) in [4.78, 5) is 23.6. The monoisotopic (exact) mass is 302 g/mol. The molecule has 0 unspecified atom stereocenters. The van der Waals surface area contributed by atoms with Gasteiger partial charge in [0.2, 0.25) is 0 Å². The summed E-state index contributed by atoms with van der Waals surface area (Å²) in [6, 6.07) is 0. The second-order valence-corrected chi connectivity index (χ2v) is 3.48. The molecule has 0 aromatic heterocycles. The maximum absolute atomic E-state index is 11.9. The van der Waals surface area contributed by atoms with Crippen LogP contribution in [-0.2, 0) is 9.59 Å². The lowest BCUT2D eigenvalue weighted by atomic mass is 9.82. The van der Waals surface area contributed by atoms with Crippen molar-refractivity contribution in [2.75, 3.05) is 0 Å². The van der Waals surface area contributed by atoms with Crippen LogP contribution in [0.15, 0.2) is 72.9 Å². The lowest BCUT2D eigenvalue weighted by molar-refractivity contribution is -0.116. The molecule has 0 atom stereocenters. The van der Waals surface area contributed by atoms with Crippen LogP contribution in [0.5, 0.6) is 0 Å². The second-order valence-electron chi connectivity index (χ2n) is 3.48. The lowest BCUT2D eigenvalue weighted by Gasteiger charge is -2.18. The number of allylic oxidation sites excluding steroid dienone is 8. The van der Waals surface area contributed by atoms with Crippen molar-refractivity contribution < 1.29 is 9.59 Å². The number of Topliss-reactive ketones (excluding diaryl/α,β-unsaturated/α-hetero) is 2. The molecule has 0 aromatic carbocycles. The van der Waals surface area contributed by atoms with Gasteiger partial charge >= 0.3 is 0 Å². The Balaban J connectivity index is -0.000000446. The molecule has 1 aliphatic carbocycles. The fourth-order valence-electron chi connectivity index (χ4n) is 1.52. The molecule has 2 nitrogen and oxygen atoms in total. The summed E-state index contributed by atoms with van der Waals surface area (Å²) < 4.78 is 0. The zero-order valence-corrected chi connectivity index (χ0v) is 15.0. The molecule has 122 valence electrons. The number of rotatable bonds is 2. The minimum absolute atomic E-state index is 0.216. The van der Waals surface area contributed by atoms with Crippen molar-refractivity contribution in [3.05, 3.63) is 72.9 Å². The summed E-state index contributed by atoms with van der Waals surface area (Å²) in [5.41, 5.74) is 1.16. The molecule has 0 spiro atoms. The van der Waals surface area contributed by atoms with E-state index < -0.39 is 0 Å². The topological polar surface area (TPSA) is 34.1 Å². The molecule has 0 N–H and O–H groups in total. The third-order valence-corrected chi connectivity index (χ3v) is 2.32. The summed E-state index contributed by atoms with van der Waals surface area (Å²) in [6.45, 7) is 25.6. The number of hydrogen-bond donors (Lipinski definition) is 0. The van der Waals surface area contributed by atoms with Crippen LogP contribution in [0.1, 0.15) is 41.5 Å². The highest BCUT2D eigenvalue weighted by Gasteiger charge is 2.30. The van der Waals surface area contributed by atoms with Gasteiger partial charge in [-0.2, -0.15) is 0 Å². The molecule has 2 heteroatoms. The molecule has 0 heterocycles. The van der Waals surface area contributed by atoms with E-state index >= 15 is 0 Å². The molecular formula is C20H30O2. The lowest BCUT2D eigenvalue weighted by Crippen LogP contribution is -2.22. The highest BCUT2D eigenvalue weighted by Crippen LogP contribution is 2.27. The van der Waals surface area contributed by atoms with Crippen molar-refractivity contribution in [3.8, 4) is 0 Å². The molecule has 1 aliphatic rings. The molecule has 22 heavy (non-hydrogen) atoms. The highest BCUT2D eigenvalue weighted by atomic mass is 16.1. The Morgan fingerprint density at radius 1 is 0.773 bits per heavy atom. The van der Waals surface area contributed by atoms with Crippen LogP contribution in [0, 0.1) is 0 Å². The summed E-state index contributed by atoms with van der Waals surface area (Å²) in [5, 5.41) is 0. The quantitative estimate of drug-likeness (QED) is 0.494. The molecule has 0 aliphatic heterocycles. The average Bonchev–Trinajstić information content (AvgIpc) is 2.55. The predicted molar refractivity (Wildman–Crippen MR) is 98.9 cm³/mol. The van der Waals surface area contributed by atoms with Crippen molar-refractivity contribution >= 4 is 11.6 Å². The van der Waals surface area contributed by atoms with Crippen molar-refractivity contribution in [1.29, 1.82) is 0 Å². The third-order valence-electron chi connectivity index (χ3n) is 2.32. The van der Waals surface area contributed by atoms with Gasteiger partial charge in [-0.15, -0.1) is 6.58 Å². The SMILES string of the molecule is C=CC.C=CC1=C(C=C)C(=O)/C(=C/C)C(=C)C1=O.CC.CC. The Morgan fingerprint density at radius 2 is 1.09 bits per heavy atom. The van der Waals surface area contributed by atoms with Crippen LogP contribution in [0.25, 0.3) is 0 Å². The minimum Gasteiger partial charge on any atom is -0.289 e. The first kappa shape index (κ1) is 24.8. The zero-order chi connectivity index (χ0) is 18.3. The van der Waals surface area contributed by atoms with Crippen LogP contribution < -0.4 is 0 Å². The molecule has 0 saturated heterocycles. The van der Waals surface area contributed by atoms with Crippen LogP contribution in [-0.4, -0.2) is 11.6 Å². The van der Waals surface area contributed by atoms with Crippen molar-refractivity contribution in [1.82, 2.24) is 0 Å². The van der Waals surface area contributed by atoms with Gasteiger partial charge in [-0.1, -0.05) is 71.7 Å². The Bertz CT molecular complexity index is 486. The van der Waals surface area contributed by atoms with Gasteiger partial charge in [0.1, 0.15) is 0 Å². The van der Waals surface area contributed by atoms with E-state index in [-0.39, 0.29) is 22.7 Å². The summed E-state index contributed by atoms with van der Waals surface area (Å²) in [6.07, 6.45) is 6.09. The standard InChI is InChI=1S/C13H12O2.C3H6.2C2H6/c1-5-9-8(4)12(14)10(6-2)11(7-3)13(9)15;1-3-2;2*1-2/h5-7H,2-4H2,1H3;3H,1H2,2H3;2*1-2H3/b9-5+;;;. The molecule has 0 radical (unpaired) electrons. The molecule has 0 bridgehead atoms. The smallest absolute Gasteiger partial charge is 0.194 e. The van der Waals surface area contributed by atoms with Crippen molar-refractivity contribution in [3.63, 3.8) is 0 Å². The number of carbonyl (C=O) groups excluding carboxylic acids is 2. The van der Waals surface area contributed by atoms with Crippen LogP contribution >= 0.6 is 0 Å². The van der Waals surface area contributed by atoms with E-state index in [0.29, 0.717) is 11.1 Å². The predicted octanol–water partition coefficient (Wildman–Crippen LogP) is 5.55. The Hall–Kier alpha value is -2.22. The van der Waals surface area contributed by atoms with Gasteiger partial charge in [0.25, 0.3) is 0 Å². The van der Waals surface area contributed by atoms with E-state index in [2.05, 4.69) is 26.3 Å². The average molecular weight is 302 g/mol. The largest absolute Gasteiger partial charge is 0.289 e. The number of hydrogen-bond acceptors (Lipinski definition) is 2. The van der Waals surface area contributed by atoms with Gasteiger partial charge in [-0.25, -0.2) is 0 Å². The Labute approximate surface area is 136 Å². The molecule has 0 aromatic rings. The first-order valence-electron chi connectivity index (χ1n) is 7.51. The van der Waals surface area contributed by atoms with Gasteiger partial charge in [-0.3, -0.25) is 9.59 Å². The summed E-state index contributed by atoms with van der Waals surface area (Å²) in [7, 11) is 0. The summed E-state index contributed by atoms with van der Waals surface area (Å²) in [5.74, 6) is -0.473. The van der Waals surface area contributed by atoms with E-state index in [1.165, 1.54) is 12.2 Å². The zero-order valence-electron chi connectivity index (χ0n) is 15.0. The van der Waals surface area contributed by atoms with Gasteiger partial charge in [0, 0.05) is 22.3 Å². The third kappa shape index (κ3) is 6.49. The van der Waals surface area contributed by atoms with E-state index in [9.17, 15) is 9.59 Å². The highest BCUT2D eigenvalue weighted by molar-refractivity contribution is 6.31. The first-order chi connectivity index (χ1) is 10.5. The van der Waals surface area contributed by atoms with Crippen molar-refractivity contribution in [2.24, 2.45) is 0 Å². The maximum atomic E-state index is 11.9. The fraction of sp³-hybridized carbons (Fsp3) is 0.300. The van der Waals surface area contributed by atoms with Gasteiger partial charge in [-0.05, 0) is 13.8 Å². The van der Waals surface area contributed by atoms with Gasteiger partial charge in [0.15, 0.2) is 11.6 Å². The Kier molecular flexibility index (Phi) is 17.1. The van der Waals surface area contributed by atoms with Crippen LogP contribution in [0.4, 0.5) is 0 Å². The van der Waals surface area contributed by atoms with E-state index in [0.717, 1.165) is 0 Å². The first-order valence-corrected chi connectivity index (χ1v) is 7.51. The second kappa shape index (κ2) is 15.2. The van der Waals surface area contributed by atoms with Crippen LogP contribution in [0.3, 0.4) is 0 Å². The molecule has 1 rings (SSSR count). The van der Waals surface area contributed by atoms with E-state index in [1.807, 2.05) is 34.6 Å². The van der Waals surface area contributed by atoms with Gasteiger partial charge < -0.3 is 0 Å². The maximum Gasteiger partial charge on any atom is 0.194 e. The molecule has 0 amide bonds. The van der Waals surface area contributed by atoms with Crippen molar-refractivity contribution in [2.45, 2.75) is 41.5 Å². The molecule has 0 saturated carbocycles.